The molecule has 236 valence electrons. The lowest BCUT2D eigenvalue weighted by molar-refractivity contribution is -0.158. The third-order valence-corrected chi connectivity index (χ3v) is 6.77. The van der Waals surface area contributed by atoms with Crippen molar-refractivity contribution in [1.29, 1.82) is 0 Å². The van der Waals surface area contributed by atoms with E-state index in [0.29, 0.717) is 34.7 Å². The molecule has 1 fully saturated rings. The number of nitrogens with one attached hydrogen (secondary N) is 1. The number of benzene rings is 1. The van der Waals surface area contributed by atoms with Crippen LogP contribution in [0.4, 0.5) is 9.18 Å². The van der Waals surface area contributed by atoms with Gasteiger partial charge in [0, 0.05) is 18.5 Å². The fraction of sp³-hybridized carbons (Fsp3) is 0.444. The maximum atomic E-state index is 13.0. The van der Waals surface area contributed by atoms with Crippen molar-refractivity contribution in [3.05, 3.63) is 41.7 Å². The van der Waals surface area contributed by atoms with Crippen LogP contribution in [0.25, 0.3) is 5.69 Å². The number of carboxylic acids is 3. The number of alkyl halides is 1. The lowest BCUT2D eigenvalue weighted by atomic mass is 10.0. The topological polar surface area (TPSA) is 229 Å². The van der Waals surface area contributed by atoms with E-state index < -0.39 is 79.7 Å². The average Bonchev–Trinajstić information content (AvgIpc) is 3.45. The molecule has 1 aromatic heterocycles. The Morgan fingerprint density at radius 1 is 0.886 bits per heavy atom. The van der Waals surface area contributed by atoms with Crippen molar-refractivity contribution < 1.29 is 53.3 Å². The standard InChI is InChI=1S/C27H31FN6O10/c28-12-3-4-17-15-32(31-30-17)18-8-6-16(7-9-18)24(39)29-13-2-1-5-19(25(40)41)33-21(35)14-22(36)34(27(33)44)20(26(42)43)10-11-23(37)38/h6-9,15,19-20H,1-5,10-14H2,(H,29,39)(H,37,38)(H,40,41)(H,42,43). The first-order valence-electron chi connectivity index (χ1n) is 13.7. The van der Waals surface area contributed by atoms with Crippen molar-refractivity contribution in [2.75, 3.05) is 13.2 Å². The Bertz CT molecular complexity index is 1410. The molecule has 44 heavy (non-hydrogen) atoms. The molecular formula is C27H31FN6O10. The van der Waals surface area contributed by atoms with Gasteiger partial charge in [-0.25, -0.2) is 28.9 Å². The van der Waals surface area contributed by atoms with Crippen LogP contribution in [0.1, 0.15) is 61.0 Å². The van der Waals surface area contributed by atoms with Crippen LogP contribution in [0.2, 0.25) is 0 Å². The van der Waals surface area contributed by atoms with Gasteiger partial charge in [0.1, 0.15) is 18.5 Å². The Morgan fingerprint density at radius 2 is 1.50 bits per heavy atom. The summed E-state index contributed by atoms with van der Waals surface area (Å²) in [5, 5.41) is 38.7. The van der Waals surface area contributed by atoms with Gasteiger partial charge in [-0.2, -0.15) is 0 Å². The summed E-state index contributed by atoms with van der Waals surface area (Å²) in [4.78, 5) is 85.6. The minimum absolute atomic E-state index is 0.122. The third-order valence-electron chi connectivity index (χ3n) is 6.77. The van der Waals surface area contributed by atoms with Gasteiger partial charge in [-0.1, -0.05) is 5.21 Å². The Balaban J connectivity index is 1.55. The molecule has 0 radical (unpaired) electrons. The van der Waals surface area contributed by atoms with Gasteiger partial charge >= 0.3 is 23.9 Å². The first-order valence-corrected chi connectivity index (χ1v) is 13.7. The van der Waals surface area contributed by atoms with Gasteiger partial charge in [0.25, 0.3) is 5.91 Å². The second-order valence-corrected chi connectivity index (χ2v) is 9.87. The van der Waals surface area contributed by atoms with Gasteiger partial charge in [-0.05, 0) is 62.8 Å². The molecule has 1 aromatic carbocycles. The summed E-state index contributed by atoms with van der Waals surface area (Å²) >= 11 is 0. The monoisotopic (exact) mass is 618 g/mol. The molecule has 2 atom stereocenters. The number of imide groups is 2. The van der Waals surface area contributed by atoms with Crippen LogP contribution in [0, 0.1) is 0 Å². The molecule has 0 bridgehead atoms. The number of rotatable bonds is 17. The third kappa shape index (κ3) is 8.42. The molecule has 1 saturated heterocycles. The van der Waals surface area contributed by atoms with Crippen molar-refractivity contribution in [3.63, 3.8) is 0 Å². The zero-order chi connectivity index (χ0) is 32.4. The number of carbonyl (C=O) groups is 7. The largest absolute Gasteiger partial charge is 0.481 e. The number of aromatic nitrogens is 3. The van der Waals surface area contributed by atoms with E-state index in [9.17, 15) is 48.2 Å². The highest BCUT2D eigenvalue weighted by molar-refractivity contribution is 6.16. The molecule has 16 nitrogen and oxygen atoms in total. The van der Waals surface area contributed by atoms with E-state index in [-0.39, 0.29) is 30.7 Å². The van der Waals surface area contributed by atoms with E-state index in [0.717, 1.165) is 0 Å². The minimum Gasteiger partial charge on any atom is -0.481 e. The number of nitrogens with zero attached hydrogens (tertiary/aromatic N) is 5. The first kappa shape index (κ1) is 33.3. The second-order valence-electron chi connectivity index (χ2n) is 9.87. The lowest BCUT2D eigenvalue weighted by Crippen LogP contribution is -2.63. The number of barbiturate groups is 1. The number of hydrogen-bond acceptors (Lipinski definition) is 9. The van der Waals surface area contributed by atoms with E-state index in [2.05, 4.69) is 15.6 Å². The molecule has 5 amide bonds. The number of amides is 5. The van der Waals surface area contributed by atoms with Crippen LogP contribution < -0.4 is 5.32 Å². The van der Waals surface area contributed by atoms with Gasteiger partial charge in [-0.3, -0.25) is 23.6 Å². The Morgan fingerprint density at radius 3 is 2.07 bits per heavy atom. The summed E-state index contributed by atoms with van der Waals surface area (Å²) in [7, 11) is 0. The number of halogens is 1. The smallest absolute Gasteiger partial charge is 0.335 e. The van der Waals surface area contributed by atoms with Crippen molar-refractivity contribution in [3.8, 4) is 5.69 Å². The molecule has 3 rings (SSSR count). The van der Waals surface area contributed by atoms with Crippen LogP contribution in [0.15, 0.2) is 30.5 Å². The van der Waals surface area contributed by atoms with Gasteiger partial charge in [0.15, 0.2) is 0 Å². The summed E-state index contributed by atoms with van der Waals surface area (Å²) in [6, 6.07) is 1.35. The highest BCUT2D eigenvalue weighted by Gasteiger charge is 2.48. The van der Waals surface area contributed by atoms with Crippen molar-refractivity contribution in [2.45, 2.75) is 63.5 Å². The number of unbranched alkanes of at least 4 members (excludes halogenated alkanes) is 1. The average molecular weight is 619 g/mol. The van der Waals surface area contributed by atoms with Crippen LogP contribution in [-0.2, 0) is 30.4 Å². The van der Waals surface area contributed by atoms with Crippen molar-refractivity contribution >= 4 is 41.7 Å². The lowest BCUT2D eigenvalue weighted by Gasteiger charge is -2.38. The van der Waals surface area contributed by atoms with Crippen molar-refractivity contribution in [2.24, 2.45) is 0 Å². The Labute approximate surface area is 249 Å². The molecule has 0 spiro atoms. The maximum Gasteiger partial charge on any atom is 0.335 e. The molecule has 0 aliphatic carbocycles. The molecule has 2 heterocycles. The summed E-state index contributed by atoms with van der Waals surface area (Å²) in [5.74, 6) is -7.33. The van der Waals surface area contributed by atoms with Crippen LogP contribution in [0.3, 0.4) is 0 Å². The SMILES string of the molecule is O=C(O)CCC(C(=O)O)N1C(=O)CC(=O)N(C(CCCCNC(=O)c2ccc(-n3cc(CCCF)nn3)cc2)C(=O)O)C1=O. The summed E-state index contributed by atoms with van der Waals surface area (Å²) in [6.07, 6.45) is 0.302. The highest BCUT2D eigenvalue weighted by Crippen LogP contribution is 2.23. The Hall–Kier alpha value is -5.22. The van der Waals surface area contributed by atoms with Gasteiger partial charge in [0.2, 0.25) is 11.8 Å². The number of carboxylic acid groups (broad SMARTS) is 3. The maximum absolute atomic E-state index is 13.0. The molecule has 17 heteroatoms. The number of hydrogen-bond donors (Lipinski definition) is 4. The predicted octanol–water partition coefficient (Wildman–Crippen LogP) is 1.02. The summed E-state index contributed by atoms with van der Waals surface area (Å²) < 4.78 is 13.9. The van der Waals surface area contributed by atoms with Gasteiger partial charge < -0.3 is 20.6 Å². The van der Waals surface area contributed by atoms with Gasteiger partial charge in [0.05, 0.1) is 24.3 Å². The van der Waals surface area contributed by atoms with Crippen molar-refractivity contribution in [1.82, 2.24) is 30.1 Å². The fourth-order valence-corrected chi connectivity index (χ4v) is 4.55. The zero-order valence-corrected chi connectivity index (χ0v) is 23.4. The quantitative estimate of drug-likeness (QED) is 0.144. The van der Waals surface area contributed by atoms with Crippen LogP contribution >= 0.6 is 0 Å². The number of aliphatic carboxylic acids is 3. The number of urea groups is 1. The van der Waals surface area contributed by atoms with Crippen LogP contribution in [0.5, 0.6) is 0 Å². The van der Waals surface area contributed by atoms with Gasteiger partial charge in [-0.15, -0.1) is 5.10 Å². The van der Waals surface area contributed by atoms with E-state index in [1.807, 2.05) is 0 Å². The second kappa shape index (κ2) is 15.3. The molecule has 4 N–H and O–H groups in total. The molecule has 2 unspecified atom stereocenters. The van der Waals surface area contributed by atoms with Crippen LogP contribution in [-0.4, -0.2) is 107 Å². The summed E-state index contributed by atoms with van der Waals surface area (Å²) in [5.41, 5.74) is 1.61. The fourth-order valence-electron chi connectivity index (χ4n) is 4.55. The zero-order valence-electron chi connectivity index (χ0n) is 23.4. The molecule has 0 saturated carbocycles. The number of carbonyl (C=O) groups excluding carboxylic acids is 4. The van der Waals surface area contributed by atoms with E-state index in [1.54, 1.807) is 30.5 Å². The molecular weight excluding hydrogens is 587 g/mol. The summed E-state index contributed by atoms with van der Waals surface area (Å²) in [6.45, 7) is -0.335. The van der Waals surface area contributed by atoms with E-state index in [1.165, 1.54) is 4.68 Å². The number of aryl methyl sites for hydroxylation is 1. The normalized spacial score (nSPS) is 14.8. The molecule has 2 aromatic rings. The highest BCUT2D eigenvalue weighted by atomic mass is 19.1. The predicted molar refractivity (Wildman–Crippen MR) is 145 cm³/mol. The van der Waals surface area contributed by atoms with E-state index >= 15 is 0 Å². The molecule has 1 aliphatic heterocycles. The molecule has 1 aliphatic rings. The van der Waals surface area contributed by atoms with E-state index in [4.69, 9.17) is 5.11 Å². The first-order chi connectivity index (χ1) is 20.9. The minimum atomic E-state index is -1.90. The Kier molecular flexibility index (Phi) is 11.6.